The first-order valence-corrected chi connectivity index (χ1v) is 13.5. The molecule has 0 saturated carbocycles. The molecule has 0 aliphatic carbocycles. The number of hydrogen-bond donors (Lipinski definition) is 3. The molecule has 40 heavy (non-hydrogen) atoms. The molecule has 12 heteroatoms. The zero-order valence-corrected chi connectivity index (χ0v) is 22.9. The zero-order chi connectivity index (χ0) is 29.5. The number of alkyl carbamates (subject to hydrolysis) is 1. The molecule has 0 bridgehead atoms. The van der Waals surface area contributed by atoms with Crippen LogP contribution in [-0.4, -0.2) is 63.3 Å². The van der Waals surface area contributed by atoms with E-state index in [4.69, 9.17) is 4.74 Å². The molecule has 1 fully saturated rings. The predicted octanol–water partition coefficient (Wildman–Crippen LogP) is 3.89. The van der Waals surface area contributed by atoms with Gasteiger partial charge in [0.05, 0.1) is 17.5 Å². The minimum absolute atomic E-state index is 0.0546. The van der Waals surface area contributed by atoms with Crippen molar-refractivity contribution >= 4 is 29.7 Å². The second kappa shape index (κ2) is 13.2. The Labute approximate surface area is 235 Å². The molecule has 1 heterocycles. The van der Waals surface area contributed by atoms with Crippen molar-refractivity contribution in [2.75, 3.05) is 12.5 Å². The maximum Gasteiger partial charge on any atom is 0.416 e. The van der Waals surface area contributed by atoms with Crippen LogP contribution in [0.1, 0.15) is 30.5 Å². The molecular weight excluding hydrogens is 547 g/mol. The van der Waals surface area contributed by atoms with Gasteiger partial charge in [-0.2, -0.15) is 13.2 Å². The van der Waals surface area contributed by atoms with Gasteiger partial charge in [-0.1, -0.05) is 61.2 Å². The highest BCUT2D eigenvalue weighted by molar-refractivity contribution is 8.00. The number of aliphatic hydroxyl groups excluding tert-OH is 1. The molecule has 3 unspecified atom stereocenters. The maximum absolute atomic E-state index is 13.6. The van der Waals surface area contributed by atoms with Gasteiger partial charge >= 0.3 is 12.3 Å². The van der Waals surface area contributed by atoms with Gasteiger partial charge in [0, 0.05) is 11.3 Å². The van der Waals surface area contributed by atoms with Crippen LogP contribution < -0.4 is 10.6 Å². The summed E-state index contributed by atoms with van der Waals surface area (Å²) in [4.78, 5) is 40.3. The summed E-state index contributed by atoms with van der Waals surface area (Å²) in [6, 6.07) is 11.6. The van der Waals surface area contributed by atoms with E-state index in [9.17, 15) is 32.7 Å². The lowest BCUT2D eigenvalue weighted by Crippen LogP contribution is -2.58. The molecule has 1 aliphatic heterocycles. The third-order valence-electron chi connectivity index (χ3n) is 6.42. The predicted molar refractivity (Wildman–Crippen MR) is 145 cm³/mol. The summed E-state index contributed by atoms with van der Waals surface area (Å²) in [5, 5.41) is 16.2. The van der Waals surface area contributed by atoms with Crippen molar-refractivity contribution in [3.63, 3.8) is 0 Å². The lowest BCUT2D eigenvalue weighted by atomic mass is 9.97. The number of amides is 3. The highest BCUT2D eigenvalue weighted by Crippen LogP contribution is 2.40. The summed E-state index contributed by atoms with van der Waals surface area (Å²) in [5.41, 5.74) is -0.246. The van der Waals surface area contributed by atoms with E-state index < -0.39 is 59.1 Å². The van der Waals surface area contributed by atoms with Crippen LogP contribution in [-0.2, 0) is 33.5 Å². The first kappa shape index (κ1) is 31.0. The number of aliphatic hydroxyl groups is 1. The Morgan fingerprint density at radius 3 is 2.48 bits per heavy atom. The van der Waals surface area contributed by atoms with Crippen molar-refractivity contribution in [1.29, 1.82) is 0 Å². The average Bonchev–Trinajstić information content (AvgIpc) is 3.24. The first-order chi connectivity index (χ1) is 18.8. The van der Waals surface area contributed by atoms with Crippen LogP contribution in [0.2, 0.25) is 0 Å². The fourth-order valence-electron chi connectivity index (χ4n) is 4.42. The van der Waals surface area contributed by atoms with Crippen molar-refractivity contribution in [2.24, 2.45) is 0 Å². The number of thioether (sulfide) groups is 1. The van der Waals surface area contributed by atoms with E-state index in [1.54, 1.807) is 44.2 Å². The topological polar surface area (TPSA) is 108 Å². The minimum atomic E-state index is -4.59. The van der Waals surface area contributed by atoms with Crippen LogP contribution in [0, 0.1) is 0 Å². The lowest BCUT2D eigenvalue weighted by Gasteiger charge is -2.33. The van der Waals surface area contributed by atoms with E-state index in [-0.39, 0.29) is 24.5 Å². The summed E-state index contributed by atoms with van der Waals surface area (Å²) in [6.45, 7) is 6.46. The molecule has 1 saturated heterocycles. The number of carbonyl (C=O) groups excluding carboxylic acids is 3. The standard InChI is InChI=1S/C28H32F3N3O5S/c1-4-14-39-26(38)33-21(15-18-10-6-5-7-11-18)22(35)25(37)34-17-40-27(2,3)23(34)24(36)32-16-19-12-8-9-13-20(19)28(29,30)31/h4-13,21-23,35H,1,14-17H2,2-3H3,(H,32,36)(H,33,38). The molecule has 0 radical (unpaired) electrons. The van der Waals surface area contributed by atoms with Crippen molar-refractivity contribution in [1.82, 2.24) is 15.5 Å². The van der Waals surface area contributed by atoms with Gasteiger partial charge < -0.3 is 25.4 Å². The molecule has 0 spiro atoms. The van der Waals surface area contributed by atoms with Crippen LogP contribution in [0.5, 0.6) is 0 Å². The van der Waals surface area contributed by atoms with Gasteiger partial charge in [0.2, 0.25) is 5.91 Å². The molecule has 8 nitrogen and oxygen atoms in total. The second-order valence-corrected chi connectivity index (χ2v) is 11.3. The SMILES string of the molecule is C=CCOC(=O)NC(Cc1ccccc1)C(O)C(=O)N1CSC(C)(C)C1C(=O)NCc1ccccc1C(F)(F)F. The van der Waals surface area contributed by atoms with E-state index in [2.05, 4.69) is 17.2 Å². The molecule has 3 amide bonds. The van der Waals surface area contributed by atoms with Gasteiger partial charge in [0.15, 0.2) is 6.10 Å². The zero-order valence-electron chi connectivity index (χ0n) is 22.1. The number of ether oxygens (including phenoxy) is 1. The highest BCUT2D eigenvalue weighted by Gasteiger charge is 2.50. The Hall–Kier alpha value is -3.51. The Morgan fingerprint density at radius 1 is 1.18 bits per heavy atom. The molecular formula is C28H32F3N3O5S. The molecule has 0 aromatic heterocycles. The monoisotopic (exact) mass is 579 g/mol. The average molecular weight is 580 g/mol. The van der Waals surface area contributed by atoms with Gasteiger partial charge in [-0.3, -0.25) is 9.59 Å². The minimum Gasteiger partial charge on any atom is -0.445 e. The van der Waals surface area contributed by atoms with E-state index in [0.717, 1.165) is 11.6 Å². The number of alkyl halides is 3. The molecule has 3 atom stereocenters. The van der Waals surface area contributed by atoms with Crippen LogP contribution in [0.3, 0.4) is 0 Å². The van der Waals surface area contributed by atoms with E-state index in [1.807, 2.05) is 0 Å². The Kier molecular flexibility index (Phi) is 10.3. The van der Waals surface area contributed by atoms with Crippen molar-refractivity contribution in [3.05, 3.63) is 83.9 Å². The normalized spacial score (nSPS) is 17.9. The first-order valence-electron chi connectivity index (χ1n) is 12.5. The molecule has 3 N–H and O–H groups in total. The van der Waals surface area contributed by atoms with E-state index in [1.165, 1.54) is 40.9 Å². The number of halogens is 3. The smallest absolute Gasteiger partial charge is 0.416 e. The largest absolute Gasteiger partial charge is 0.445 e. The Bertz CT molecular complexity index is 1210. The molecule has 2 aromatic carbocycles. The highest BCUT2D eigenvalue weighted by atomic mass is 32.2. The number of hydrogen-bond acceptors (Lipinski definition) is 6. The number of nitrogens with zero attached hydrogens (tertiary/aromatic N) is 1. The van der Waals surface area contributed by atoms with Crippen LogP contribution in [0.25, 0.3) is 0 Å². The summed E-state index contributed by atoms with van der Waals surface area (Å²) in [7, 11) is 0. The fraction of sp³-hybridized carbons (Fsp3) is 0.393. The third-order valence-corrected chi connectivity index (χ3v) is 7.80. The van der Waals surface area contributed by atoms with Crippen LogP contribution in [0.4, 0.5) is 18.0 Å². The van der Waals surface area contributed by atoms with Crippen LogP contribution >= 0.6 is 11.8 Å². The van der Waals surface area contributed by atoms with Crippen molar-refractivity contribution in [3.8, 4) is 0 Å². The third kappa shape index (κ3) is 7.79. The summed E-state index contributed by atoms with van der Waals surface area (Å²) in [6.07, 6.45) is -5.74. The molecule has 2 aromatic rings. The van der Waals surface area contributed by atoms with E-state index in [0.29, 0.717) is 0 Å². The molecule has 216 valence electrons. The quantitative estimate of drug-likeness (QED) is 0.369. The maximum atomic E-state index is 13.6. The van der Waals surface area contributed by atoms with Gasteiger partial charge in [-0.05, 0) is 37.5 Å². The van der Waals surface area contributed by atoms with Gasteiger partial charge in [-0.15, -0.1) is 11.8 Å². The number of nitrogens with one attached hydrogen (secondary N) is 2. The van der Waals surface area contributed by atoms with Crippen molar-refractivity contribution in [2.45, 2.75) is 55.9 Å². The lowest BCUT2D eigenvalue weighted by molar-refractivity contribution is -0.147. The summed E-state index contributed by atoms with van der Waals surface area (Å²) >= 11 is 1.29. The number of carbonyl (C=O) groups is 3. The van der Waals surface area contributed by atoms with Gasteiger partial charge in [-0.25, -0.2) is 4.79 Å². The molecule has 3 rings (SSSR count). The summed E-state index contributed by atoms with van der Waals surface area (Å²) in [5.74, 6) is -1.41. The van der Waals surface area contributed by atoms with Crippen LogP contribution in [0.15, 0.2) is 67.3 Å². The van der Waals surface area contributed by atoms with Crippen molar-refractivity contribution < 1.29 is 37.4 Å². The van der Waals surface area contributed by atoms with Gasteiger partial charge in [0.25, 0.3) is 5.91 Å². The Morgan fingerprint density at radius 2 is 1.82 bits per heavy atom. The number of rotatable bonds is 10. The fourth-order valence-corrected chi connectivity index (χ4v) is 5.56. The number of benzene rings is 2. The van der Waals surface area contributed by atoms with Gasteiger partial charge in [0.1, 0.15) is 12.6 Å². The van der Waals surface area contributed by atoms with E-state index >= 15 is 0 Å². The second-order valence-electron chi connectivity index (χ2n) is 9.73. The Balaban J connectivity index is 1.79. The summed E-state index contributed by atoms with van der Waals surface area (Å²) < 4.78 is 44.4. The molecule has 1 aliphatic rings.